The SMILES string of the molecule is CSc1ccc(C(=O)[C@@H]2CN(C(=O)Oc3ccccc3)C[C@H]2c2cc(C)c(OC(C)(C)C(=O)O)c(C)c2)cc1. The fourth-order valence-electron chi connectivity index (χ4n) is 4.84. The molecule has 0 radical (unpaired) electrons. The number of hydrogen-bond acceptors (Lipinski definition) is 6. The Bertz CT molecular complexity index is 1350. The van der Waals surface area contributed by atoms with Gasteiger partial charge in [-0.05, 0) is 74.9 Å². The summed E-state index contributed by atoms with van der Waals surface area (Å²) in [6.07, 6.45) is 1.48. The maximum Gasteiger partial charge on any atom is 0.415 e. The van der Waals surface area contributed by atoms with Gasteiger partial charge in [0.05, 0.1) is 0 Å². The lowest BCUT2D eigenvalue weighted by Crippen LogP contribution is -2.38. The molecule has 1 fully saturated rings. The normalized spacial score (nSPS) is 17.1. The fraction of sp³-hybridized carbons (Fsp3) is 0.323. The summed E-state index contributed by atoms with van der Waals surface area (Å²) in [7, 11) is 0. The quantitative estimate of drug-likeness (QED) is 0.259. The van der Waals surface area contributed by atoms with Crippen LogP contribution in [0.15, 0.2) is 71.6 Å². The predicted molar refractivity (Wildman–Crippen MR) is 151 cm³/mol. The highest BCUT2D eigenvalue weighted by atomic mass is 32.2. The van der Waals surface area contributed by atoms with Crippen molar-refractivity contribution >= 4 is 29.6 Å². The van der Waals surface area contributed by atoms with E-state index in [2.05, 4.69) is 0 Å². The van der Waals surface area contributed by atoms with Gasteiger partial charge < -0.3 is 19.5 Å². The van der Waals surface area contributed by atoms with E-state index in [1.807, 2.05) is 62.6 Å². The van der Waals surface area contributed by atoms with Crippen LogP contribution in [-0.2, 0) is 4.79 Å². The zero-order chi connectivity index (χ0) is 28.3. The van der Waals surface area contributed by atoms with Gasteiger partial charge in [-0.2, -0.15) is 0 Å². The third-order valence-electron chi connectivity index (χ3n) is 7.02. The first kappa shape index (κ1) is 28.2. The van der Waals surface area contributed by atoms with Gasteiger partial charge in [-0.25, -0.2) is 9.59 Å². The van der Waals surface area contributed by atoms with E-state index in [1.165, 1.54) is 13.8 Å². The average Bonchev–Trinajstić information content (AvgIpc) is 3.36. The molecule has 0 aliphatic carbocycles. The lowest BCUT2D eigenvalue weighted by molar-refractivity contribution is -0.152. The number of ketones is 1. The standard InChI is InChI=1S/C31H33NO6S/c1-19-15-22(16-20(2)28(19)38-31(3,4)29(34)35)25-17-32(30(36)37-23-9-7-6-8-10-23)18-26(25)27(33)21-11-13-24(39-5)14-12-21/h6-16,25-26H,17-18H2,1-5H3,(H,34,35)/t25-,26+/m0/s1. The second kappa shape index (κ2) is 11.5. The first-order valence-electron chi connectivity index (χ1n) is 12.7. The summed E-state index contributed by atoms with van der Waals surface area (Å²) < 4.78 is 11.5. The number of carboxylic acids is 1. The molecule has 8 heteroatoms. The van der Waals surface area contributed by atoms with Gasteiger partial charge in [0, 0.05) is 35.4 Å². The molecule has 1 aliphatic rings. The van der Waals surface area contributed by atoms with Gasteiger partial charge in [-0.1, -0.05) is 42.5 Å². The molecule has 1 amide bonds. The number of aryl methyl sites for hydroxylation is 2. The number of hydrogen-bond donors (Lipinski definition) is 1. The maximum absolute atomic E-state index is 13.8. The lowest BCUT2D eigenvalue weighted by Gasteiger charge is -2.26. The molecular weight excluding hydrogens is 514 g/mol. The number of aliphatic carboxylic acids is 1. The van der Waals surface area contributed by atoms with Gasteiger partial charge in [-0.15, -0.1) is 11.8 Å². The van der Waals surface area contributed by atoms with Gasteiger partial charge in [0.2, 0.25) is 0 Å². The Morgan fingerprint density at radius 3 is 2.13 bits per heavy atom. The molecule has 1 aliphatic heterocycles. The molecule has 3 aromatic carbocycles. The van der Waals surface area contributed by atoms with E-state index in [-0.39, 0.29) is 18.2 Å². The van der Waals surface area contributed by atoms with E-state index in [0.717, 1.165) is 21.6 Å². The van der Waals surface area contributed by atoms with Gasteiger partial charge in [0.1, 0.15) is 11.5 Å². The molecule has 0 unspecified atom stereocenters. The minimum Gasteiger partial charge on any atom is -0.478 e. The van der Waals surface area contributed by atoms with Crippen molar-refractivity contribution in [3.63, 3.8) is 0 Å². The van der Waals surface area contributed by atoms with E-state index < -0.39 is 23.6 Å². The van der Waals surface area contributed by atoms with Crippen LogP contribution in [0, 0.1) is 19.8 Å². The molecule has 4 rings (SSSR count). The summed E-state index contributed by atoms with van der Waals surface area (Å²) >= 11 is 1.60. The van der Waals surface area contributed by atoms with Crippen LogP contribution in [0.25, 0.3) is 0 Å². The van der Waals surface area contributed by atoms with E-state index >= 15 is 0 Å². The summed E-state index contributed by atoms with van der Waals surface area (Å²) in [5, 5.41) is 9.52. The number of Topliss-reactive ketones (excluding diaryl/α,β-unsaturated/α-hetero) is 1. The van der Waals surface area contributed by atoms with E-state index in [0.29, 0.717) is 23.6 Å². The Hall–Kier alpha value is -3.78. The molecule has 39 heavy (non-hydrogen) atoms. The largest absolute Gasteiger partial charge is 0.478 e. The molecule has 2 atom stereocenters. The van der Waals surface area contributed by atoms with Gasteiger partial charge >= 0.3 is 12.1 Å². The monoisotopic (exact) mass is 547 g/mol. The molecule has 1 saturated heterocycles. The fourth-order valence-corrected chi connectivity index (χ4v) is 5.25. The highest BCUT2D eigenvalue weighted by molar-refractivity contribution is 7.98. The van der Waals surface area contributed by atoms with Crippen molar-refractivity contribution in [2.75, 3.05) is 19.3 Å². The maximum atomic E-state index is 13.8. The summed E-state index contributed by atoms with van der Waals surface area (Å²) in [4.78, 5) is 41.2. The predicted octanol–water partition coefficient (Wildman–Crippen LogP) is 6.36. The van der Waals surface area contributed by atoms with Gasteiger partial charge in [0.15, 0.2) is 11.4 Å². The van der Waals surface area contributed by atoms with Crippen molar-refractivity contribution in [3.8, 4) is 11.5 Å². The van der Waals surface area contributed by atoms with Crippen LogP contribution in [0.1, 0.15) is 46.8 Å². The Balaban J connectivity index is 1.66. The van der Waals surface area contributed by atoms with Crippen LogP contribution < -0.4 is 9.47 Å². The Kier molecular flexibility index (Phi) is 8.35. The molecule has 0 spiro atoms. The number of ether oxygens (including phenoxy) is 2. The van der Waals surface area contributed by atoms with Crippen LogP contribution >= 0.6 is 11.8 Å². The molecule has 204 valence electrons. The molecule has 1 N–H and O–H groups in total. The smallest absolute Gasteiger partial charge is 0.415 e. The number of carbonyl (C=O) groups is 3. The number of amides is 1. The molecule has 0 aromatic heterocycles. The Morgan fingerprint density at radius 2 is 1.56 bits per heavy atom. The van der Waals surface area contributed by atoms with Gasteiger partial charge in [0.25, 0.3) is 0 Å². The second-order valence-electron chi connectivity index (χ2n) is 10.3. The minimum absolute atomic E-state index is 0.0368. The summed E-state index contributed by atoms with van der Waals surface area (Å²) in [6, 6.07) is 20.2. The molecule has 0 bridgehead atoms. The Morgan fingerprint density at radius 1 is 0.949 bits per heavy atom. The van der Waals surface area contributed by atoms with Crippen molar-refractivity contribution in [1.29, 1.82) is 0 Å². The van der Waals surface area contributed by atoms with Gasteiger partial charge in [-0.3, -0.25) is 4.79 Å². The van der Waals surface area contributed by atoms with Crippen molar-refractivity contribution in [2.24, 2.45) is 5.92 Å². The van der Waals surface area contributed by atoms with Crippen molar-refractivity contribution in [3.05, 3.63) is 89.0 Å². The van der Waals surface area contributed by atoms with Crippen molar-refractivity contribution < 1.29 is 29.0 Å². The first-order valence-corrected chi connectivity index (χ1v) is 14.0. The van der Waals surface area contributed by atoms with E-state index in [4.69, 9.17) is 9.47 Å². The summed E-state index contributed by atoms with van der Waals surface area (Å²) in [5.74, 6) is -0.914. The number of likely N-dealkylation sites (tertiary alicyclic amines) is 1. The minimum atomic E-state index is -1.40. The van der Waals surface area contributed by atoms with Crippen LogP contribution in [-0.4, -0.2) is 52.8 Å². The number of carboxylic acid groups (broad SMARTS) is 1. The third kappa shape index (κ3) is 6.28. The van der Waals surface area contributed by atoms with Crippen molar-refractivity contribution in [2.45, 2.75) is 44.1 Å². The van der Waals surface area contributed by atoms with Crippen LogP contribution in [0.4, 0.5) is 4.79 Å². The molecule has 7 nitrogen and oxygen atoms in total. The van der Waals surface area contributed by atoms with Crippen LogP contribution in [0.5, 0.6) is 11.5 Å². The van der Waals surface area contributed by atoms with E-state index in [1.54, 1.807) is 40.9 Å². The average molecular weight is 548 g/mol. The Labute approximate surface area is 233 Å². The highest BCUT2D eigenvalue weighted by Gasteiger charge is 2.42. The number of carbonyl (C=O) groups excluding carboxylic acids is 2. The number of nitrogens with zero attached hydrogens (tertiary/aromatic N) is 1. The molecule has 1 heterocycles. The first-order chi connectivity index (χ1) is 18.5. The zero-order valence-electron chi connectivity index (χ0n) is 22.8. The molecule has 3 aromatic rings. The number of rotatable bonds is 8. The number of thioether (sulfide) groups is 1. The van der Waals surface area contributed by atoms with Crippen LogP contribution in [0.2, 0.25) is 0 Å². The topological polar surface area (TPSA) is 93.1 Å². The molecule has 0 saturated carbocycles. The van der Waals surface area contributed by atoms with Crippen LogP contribution in [0.3, 0.4) is 0 Å². The summed E-state index contributed by atoms with van der Waals surface area (Å²) in [5.41, 5.74) is 1.61. The second-order valence-corrected chi connectivity index (χ2v) is 11.2. The third-order valence-corrected chi connectivity index (χ3v) is 7.76. The highest BCUT2D eigenvalue weighted by Crippen LogP contribution is 2.39. The molecular formula is C31H33NO6S. The zero-order valence-corrected chi connectivity index (χ0v) is 23.6. The number of benzene rings is 3. The van der Waals surface area contributed by atoms with E-state index in [9.17, 15) is 19.5 Å². The summed E-state index contributed by atoms with van der Waals surface area (Å²) in [6.45, 7) is 7.27. The van der Waals surface area contributed by atoms with Crippen molar-refractivity contribution in [1.82, 2.24) is 4.90 Å². The number of para-hydroxylation sites is 1. The lowest BCUT2D eigenvalue weighted by atomic mass is 9.82.